The molecule has 0 heterocycles. The van der Waals surface area contributed by atoms with Crippen LogP contribution in [0.25, 0.3) is 0 Å². The minimum atomic E-state index is -0.752. The number of hydrogen-bond donors (Lipinski definition) is 1. The first kappa shape index (κ1) is 23.4. The number of amides is 2. The molecule has 0 unspecified atom stereocenters. The van der Waals surface area contributed by atoms with Crippen molar-refractivity contribution in [1.29, 1.82) is 0 Å². The first-order chi connectivity index (χ1) is 15.5. The average molecular weight is 451 g/mol. The number of hydrogen-bond acceptors (Lipinski definition) is 3. The number of methoxy groups -OCH3 is 1. The minimum absolute atomic E-state index is 0.101. The highest BCUT2D eigenvalue weighted by atomic mass is 35.5. The molecule has 32 heavy (non-hydrogen) atoms. The van der Waals surface area contributed by atoms with Gasteiger partial charge >= 0.3 is 0 Å². The lowest BCUT2D eigenvalue weighted by Crippen LogP contribution is -2.43. The number of ether oxygens (including phenoxy) is 1. The van der Waals surface area contributed by atoms with Gasteiger partial charge in [-0.15, -0.1) is 0 Å². The van der Waals surface area contributed by atoms with Gasteiger partial charge in [0.05, 0.1) is 7.11 Å². The van der Waals surface area contributed by atoms with Gasteiger partial charge < -0.3 is 15.0 Å². The van der Waals surface area contributed by atoms with E-state index in [1.807, 2.05) is 66.7 Å². The molecule has 1 atom stereocenters. The quantitative estimate of drug-likeness (QED) is 0.490. The Hall–Kier alpha value is -3.31. The fourth-order valence-electron chi connectivity index (χ4n) is 3.45. The zero-order chi connectivity index (χ0) is 22.9. The van der Waals surface area contributed by atoms with Crippen molar-refractivity contribution < 1.29 is 14.3 Å². The van der Waals surface area contributed by atoms with Gasteiger partial charge in [0.2, 0.25) is 11.8 Å². The summed E-state index contributed by atoms with van der Waals surface area (Å²) in [6, 6.07) is 23.4. The fourth-order valence-corrected chi connectivity index (χ4v) is 3.58. The van der Waals surface area contributed by atoms with Crippen molar-refractivity contribution in [2.75, 3.05) is 7.11 Å². The summed E-state index contributed by atoms with van der Waals surface area (Å²) in [5.41, 5.74) is 2.61. The molecule has 0 radical (unpaired) electrons. The van der Waals surface area contributed by atoms with Crippen molar-refractivity contribution in [3.05, 3.63) is 101 Å². The van der Waals surface area contributed by atoms with Gasteiger partial charge in [0.25, 0.3) is 0 Å². The van der Waals surface area contributed by atoms with E-state index in [1.165, 1.54) is 0 Å². The molecule has 1 N–H and O–H groups in total. The van der Waals surface area contributed by atoms with Crippen molar-refractivity contribution in [2.24, 2.45) is 0 Å². The van der Waals surface area contributed by atoms with Crippen LogP contribution in [0, 0.1) is 0 Å². The molecule has 166 valence electrons. The van der Waals surface area contributed by atoms with Crippen LogP contribution in [0.2, 0.25) is 5.02 Å². The lowest BCUT2D eigenvalue weighted by molar-refractivity contribution is -0.141. The van der Waals surface area contributed by atoms with Gasteiger partial charge in [0, 0.05) is 24.5 Å². The molecule has 0 saturated carbocycles. The third-order valence-electron chi connectivity index (χ3n) is 5.19. The molecule has 3 aromatic rings. The predicted molar refractivity (Wildman–Crippen MR) is 126 cm³/mol. The Morgan fingerprint density at radius 1 is 0.938 bits per heavy atom. The van der Waals surface area contributed by atoms with E-state index in [2.05, 4.69) is 5.32 Å². The Morgan fingerprint density at radius 2 is 1.56 bits per heavy atom. The molecule has 3 rings (SSSR count). The monoisotopic (exact) mass is 450 g/mol. The molecule has 0 aliphatic carbocycles. The van der Waals surface area contributed by atoms with E-state index in [0.29, 0.717) is 24.5 Å². The number of halogens is 1. The van der Waals surface area contributed by atoms with Crippen molar-refractivity contribution in [2.45, 2.75) is 32.5 Å². The van der Waals surface area contributed by atoms with Crippen LogP contribution < -0.4 is 10.1 Å². The van der Waals surface area contributed by atoms with Crippen LogP contribution in [0.15, 0.2) is 78.9 Å². The van der Waals surface area contributed by atoms with Gasteiger partial charge in [-0.1, -0.05) is 73.1 Å². The summed E-state index contributed by atoms with van der Waals surface area (Å²) in [7, 11) is 1.61. The van der Waals surface area contributed by atoms with Crippen LogP contribution in [0.3, 0.4) is 0 Å². The zero-order valence-corrected chi connectivity index (χ0v) is 19.0. The molecule has 0 saturated heterocycles. The van der Waals surface area contributed by atoms with E-state index < -0.39 is 6.04 Å². The van der Waals surface area contributed by atoms with Crippen molar-refractivity contribution in [3.8, 4) is 5.75 Å². The Balaban J connectivity index is 1.88. The van der Waals surface area contributed by atoms with Crippen molar-refractivity contribution in [3.63, 3.8) is 0 Å². The van der Waals surface area contributed by atoms with Crippen molar-refractivity contribution in [1.82, 2.24) is 10.2 Å². The van der Waals surface area contributed by atoms with E-state index in [4.69, 9.17) is 16.3 Å². The smallest absolute Gasteiger partial charge is 0.247 e. The van der Waals surface area contributed by atoms with Gasteiger partial charge in [-0.05, 0) is 41.0 Å². The first-order valence-corrected chi connectivity index (χ1v) is 10.9. The number of nitrogens with zero attached hydrogens (tertiary/aromatic N) is 1. The summed E-state index contributed by atoms with van der Waals surface area (Å²) in [5, 5.41) is 3.62. The lowest BCUT2D eigenvalue weighted by Gasteiger charge is -2.31. The minimum Gasteiger partial charge on any atom is -0.497 e. The van der Waals surface area contributed by atoms with E-state index in [1.54, 1.807) is 31.1 Å². The number of carbonyl (C=O) groups excluding carboxylic acids is 2. The molecule has 2 amide bonds. The van der Waals surface area contributed by atoms with Crippen LogP contribution in [-0.2, 0) is 22.7 Å². The third-order valence-corrected chi connectivity index (χ3v) is 5.44. The summed E-state index contributed by atoms with van der Waals surface area (Å²) >= 11 is 5.95. The Morgan fingerprint density at radius 3 is 2.16 bits per heavy atom. The van der Waals surface area contributed by atoms with Crippen LogP contribution in [-0.4, -0.2) is 23.8 Å². The van der Waals surface area contributed by atoms with Crippen molar-refractivity contribution >= 4 is 23.4 Å². The number of benzene rings is 3. The van der Waals surface area contributed by atoms with Gasteiger partial charge in [-0.2, -0.15) is 0 Å². The second-order valence-corrected chi connectivity index (χ2v) is 7.82. The van der Waals surface area contributed by atoms with E-state index in [0.717, 1.165) is 22.4 Å². The standard InChI is InChI=1S/C26H27ClN2O3/c1-3-24(30)29(18-20-11-15-23(32-2)16-12-20)25(21-7-5-4-6-8-21)26(31)28-17-19-9-13-22(27)14-10-19/h4-16,25H,3,17-18H2,1-2H3,(H,28,31)/t25-/m1/s1. The summed E-state index contributed by atoms with van der Waals surface area (Å²) in [6.07, 6.45) is 0.296. The maximum Gasteiger partial charge on any atom is 0.247 e. The Bertz CT molecular complexity index is 1020. The second kappa shape index (κ2) is 11.3. The zero-order valence-electron chi connectivity index (χ0n) is 18.3. The third kappa shape index (κ3) is 6.11. The van der Waals surface area contributed by atoms with Gasteiger partial charge in [0.15, 0.2) is 0 Å². The van der Waals surface area contributed by atoms with E-state index in [-0.39, 0.29) is 11.8 Å². The highest BCUT2D eigenvalue weighted by Crippen LogP contribution is 2.25. The van der Waals surface area contributed by atoms with Gasteiger partial charge in [0.1, 0.15) is 11.8 Å². The normalized spacial score (nSPS) is 11.5. The lowest BCUT2D eigenvalue weighted by atomic mass is 10.0. The molecule has 0 fully saturated rings. The van der Waals surface area contributed by atoms with E-state index in [9.17, 15) is 9.59 Å². The van der Waals surface area contributed by atoms with Gasteiger partial charge in [-0.25, -0.2) is 0 Å². The number of rotatable bonds is 9. The van der Waals surface area contributed by atoms with Crippen LogP contribution in [0.5, 0.6) is 5.75 Å². The summed E-state index contributed by atoms with van der Waals surface area (Å²) in [6.45, 7) is 2.46. The average Bonchev–Trinajstić information content (AvgIpc) is 2.84. The molecule has 3 aromatic carbocycles. The topological polar surface area (TPSA) is 58.6 Å². The molecule has 0 spiro atoms. The van der Waals surface area contributed by atoms with Crippen LogP contribution >= 0.6 is 11.6 Å². The largest absolute Gasteiger partial charge is 0.497 e. The number of carbonyl (C=O) groups is 2. The van der Waals surface area contributed by atoms with E-state index >= 15 is 0 Å². The molecule has 5 nitrogen and oxygen atoms in total. The maximum atomic E-state index is 13.4. The molecule has 0 aliphatic heterocycles. The van der Waals surface area contributed by atoms with Crippen LogP contribution in [0.4, 0.5) is 0 Å². The SMILES string of the molecule is CCC(=O)N(Cc1ccc(OC)cc1)[C@@H](C(=O)NCc1ccc(Cl)cc1)c1ccccc1. The molecule has 0 bridgehead atoms. The van der Waals surface area contributed by atoms with Crippen LogP contribution in [0.1, 0.15) is 36.1 Å². The Labute approximate surface area is 194 Å². The second-order valence-electron chi connectivity index (χ2n) is 7.38. The first-order valence-electron chi connectivity index (χ1n) is 10.5. The highest BCUT2D eigenvalue weighted by molar-refractivity contribution is 6.30. The highest BCUT2D eigenvalue weighted by Gasteiger charge is 2.30. The molecular formula is C26H27ClN2O3. The predicted octanol–water partition coefficient (Wildman–Crippen LogP) is 5.14. The fraction of sp³-hybridized carbons (Fsp3) is 0.231. The molecule has 0 aliphatic rings. The maximum absolute atomic E-state index is 13.4. The van der Waals surface area contributed by atoms with Gasteiger partial charge in [-0.3, -0.25) is 9.59 Å². The molecule has 0 aromatic heterocycles. The summed E-state index contributed by atoms with van der Waals surface area (Å²) in [4.78, 5) is 28.0. The summed E-state index contributed by atoms with van der Waals surface area (Å²) < 4.78 is 5.23. The summed E-state index contributed by atoms with van der Waals surface area (Å²) in [5.74, 6) is 0.403. The number of nitrogens with one attached hydrogen (secondary N) is 1. The molecule has 6 heteroatoms. The molecular weight excluding hydrogens is 424 g/mol. The Kier molecular flexibility index (Phi) is 8.28.